The maximum Gasteiger partial charge on any atom is 0.238 e. The van der Waals surface area contributed by atoms with E-state index in [-0.39, 0.29) is 12.0 Å². The van der Waals surface area contributed by atoms with Crippen LogP contribution < -0.4 is 14.8 Å². The zero-order valence-electron chi connectivity index (χ0n) is 16.1. The Morgan fingerprint density at radius 2 is 1.85 bits per heavy atom. The smallest absolute Gasteiger partial charge is 0.238 e. The molecular formula is C22H28N2O3. The SMILES string of the molecule is COc1ccc(NC(=O)CN(C)Cc2ccccc2)cc1OC1CCCC1. The summed E-state index contributed by atoms with van der Waals surface area (Å²) >= 11 is 0. The van der Waals surface area contributed by atoms with Crippen molar-refractivity contribution in [2.75, 3.05) is 26.0 Å². The van der Waals surface area contributed by atoms with E-state index in [2.05, 4.69) is 17.4 Å². The van der Waals surface area contributed by atoms with Crippen molar-refractivity contribution in [2.45, 2.75) is 38.3 Å². The average Bonchev–Trinajstić information content (AvgIpc) is 3.15. The molecule has 0 heterocycles. The molecule has 0 atom stereocenters. The molecule has 2 aromatic carbocycles. The number of amides is 1. The van der Waals surface area contributed by atoms with E-state index in [9.17, 15) is 4.79 Å². The van der Waals surface area contributed by atoms with E-state index in [1.807, 2.05) is 48.3 Å². The molecule has 0 spiro atoms. The van der Waals surface area contributed by atoms with Crippen LogP contribution in [0.2, 0.25) is 0 Å². The summed E-state index contributed by atoms with van der Waals surface area (Å²) in [7, 11) is 3.57. The number of nitrogens with one attached hydrogen (secondary N) is 1. The van der Waals surface area contributed by atoms with Gasteiger partial charge in [0.1, 0.15) is 0 Å². The van der Waals surface area contributed by atoms with Gasteiger partial charge in [0.25, 0.3) is 0 Å². The lowest BCUT2D eigenvalue weighted by atomic mass is 10.2. The molecule has 1 amide bonds. The molecule has 1 N–H and O–H groups in total. The Morgan fingerprint density at radius 3 is 2.56 bits per heavy atom. The van der Waals surface area contributed by atoms with Gasteiger partial charge in [-0.15, -0.1) is 0 Å². The molecule has 2 aromatic rings. The van der Waals surface area contributed by atoms with Crippen LogP contribution in [-0.4, -0.2) is 37.6 Å². The molecule has 5 nitrogen and oxygen atoms in total. The monoisotopic (exact) mass is 368 g/mol. The quantitative estimate of drug-likeness (QED) is 0.763. The predicted molar refractivity (Wildman–Crippen MR) is 107 cm³/mol. The van der Waals surface area contributed by atoms with Crippen molar-refractivity contribution in [3.05, 3.63) is 54.1 Å². The van der Waals surface area contributed by atoms with Crippen LogP contribution in [0.1, 0.15) is 31.2 Å². The molecular weight excluding hydrogens is 340 g/mol. The van der Waals surface area contributed by atoms with Gasteiger partial charge < -0.3 is 14.8 Å². The Bertz CT molecular complexity index is 742. The first-order valence-corrected chi connectivity index (χ1v) is 9.51. The summed E-state index contributed by atoms with van der Waals surface area (Å²) in [4.78, 5) is 14.4. The minimum absolute atomic E-state index is 0.0505. The number of carbonyl (C=O) groups excluding carboxylic acids is 1. The van der Waals surface area contributed by atoms with E-state index >= 15 is 0 Å². The lowest BCUT2D eigenvalue weighted by molar-refractivity contribution is -0.117. The van der Waals surface area contributed by atoms with Gasteiger partial charge >= 0.3 is 0 Å². The zero-order chi connectivity index (χ0) is 19.1. The van der Waals surface area contributed by atoms with Gasteiger partial charge in [-0.3, -0.25) is 9.69 Å². The Labute approximate surface area is 161 Å². The first-order chi connectivity index (χ1) is 13.1. The molecule has 1 saturated carbocycles. The summed E-state index contributed by atoms with van der Waals surface area (Å²) in [6, 6.07) is 15.7. The summed E-state index contributed by atoms with van der Waals surface area (Å²) in [5, 5.41) is 2.96. The maximum atomic E-state index is 12.4. The predicted octanol–water partition coefficient (Wildman–Crippen LogP) is 4.09. The highest BCUT2D eigenvalue weighted by Crippen LogP contribution is 2.33. The molecule has 27 heavy (non-hydrogen) atoms. The number of benzene rings is 2. The maximum absolute atomic E-state index is 12.4. The summed E-state index contributed by atoms with van der Waals surface area (Å²) in [5.74, 6) is 1.34. The molecule has 0 unspecified atom stereocenters. The van der Waals surface area contributed by atoms with Crippen LogP contribution in [0.15, 0.2) is 48.5 Å². The van der Waals surface area contributed by atoms with Crippen molar-refractivity contribution in [3.8, 4) is 11.5 Å². The topological polar surface area (TPSA) is 50.8 Å². The second-order valence-electron chi connectivity index (χ2n) is 7.10. The van der Waals surface area contributed by atoms with Gasteiger partial charge in [-0.2, -0.15) is 0 Å². The molecule has 5 heteroatoms. The number of rotatable bonds is 8. The second-order valence-corrected chi connectivity index (χ2v) is 7.10. The molecule has 0 aliphatic heterocycles. The van der Waals surface area contributed by atoms with Gasteiger partial charge in [-0.1, -0.05) is 30.3 Å². The number of methoxy groups -OCH3 is 1. The number of hydrogen-bond acceptors (Lipinski definition) is 4. The average molecular weight is 368 g/mol. The van der Waals surface area contributed by atoms with Crippen LogP contribution >= 0.6 is 0 Å². The van der Waals surface area contributed by atoms with Crippen LogP contribution in [-0.2, 0) is 11.3 Å². The van der Waals surface area contributed by atoms with Crippen LogP contribution in [0.5, 0.6) is 11.5 Å². The second kappa shape index (κ2) is 9.42. The van der Waals surface area contributed by atoms with Crippen molar-refractivity contribution >= 4 is 11.6 Å². The van der Waals surface area contributed by atoms with Crippen molar-refractivity contribution in [2.24, 2.45) is 0 Å². The minimum Gasteiger partial charge on any atom is -0.493 e. The number of nitrogens with zero attached hydrogens (tertiary/aromatic N) is 1. The highest BCUT2D eigenvalue weighted by Gasteiger charge is 2.19. The lowest BCUT2D eigenvalue weighted by Gasteiger charge is -2.18. The molecule has 0 saturated heterocycles. The fraction of sp³-hybridized carbons (Fsp3) is 0.409. The minimum atomic E-state index is -0.0505. The molecule has 1 aliphatic carbocycles. The fourth-order valence-electron chi connectivity index (χ4n) is 3.43. The fourth-order valence-corrected chi connectivity index (χ4v) is 3.43. The van der Waals surface area contributed by atoms with Crippen LogP contribution in [0, 0.1) is 0 Å². The van der Waals surface area contributed by atoms with Gasteiger partial charge in [0.2, 0.25) is 5.91 Å². The van der Waals surface area contributed by atoms with Gasteiger partial charge in [0.15, 0.2) is 11.5 Å². The number of anilines is 1. The van der Waals surface area contributed by atoms with Gasteiger partial charge in [-0.25, -0.2) is 0 Å². The summed E-state index contributed by atoms with van der Waals surface area (Å²) < 4.78 is 11.5. The largest absolute Gasteiger partial charge is 0.493 e. The summed E-state index contributed by atoms with van der Waals surface area (Å²) in [6.45, 7) is 1.05. The Kier molecular flexibility index (Phi) is 6.71. The van der Waals surface area contributed by atoms with Gasteiger partial charge in [-0.05, 0) is 50.4 Å². The Morgan fingerprint density at radius 1 is 1.11 bits per heavy atom. The van der Waals surface area contributed by atoms with Crippen LogP contribution in [0.25, 0.3) is 0 Å². The van der Waals surface area contributed by atoms with Gasteiger partial charge in [0.05, 0.1) is 19.8 Å². The van der Waals surface area contributed by atoms with E-state index in [0.29, 0.717) is 18.0 Å². The van der Waals surface area contributed by atoms with E-state index in [4.69, 9.17) is 9.47 Å². The molecule has 0 bridgehead atoms. The zero-order valence-corrected chi connectivity index (χ0v) is 16.1. The molecule has 0 aromatic heterocycles. The third kappa shape index (κ3) is 5.73. The Balaban J connectivity index is 1.58. The van der Waals surface area contributed by atoms with Gasteiger partial charge in [0, 0.05) is 18.3 Å². The molecule has 1 fully saturated rings. The summed E-state index contributed by atoms with van der Waals surface area (Å²) in [5.41, 5.74) is 1.91. The van der Waals surface area contributed by atoms with E-state index in [1.54, 1.807) is 7.11 Å². The van der Waals surface area contributed by atoms with Crippen molar-refractivity contribution in [1.82, 2.24) is 4.90 Å². The first-order valence-electron chi connectivity index (χ1n) is 9.51. The highest BCUT2D eigenvalue weighted by atomic mass is 16.5. The number of carbonyl (C=O) groups is 1. The van der Waals surface area contributed by atoms with E-state index in [1.165, 1.54) is 18.4 Å². The van der Waals surface area contributed by atoms with Crippen molar-refractivity contribution < 1.29 is 14.3 Å². The molecule has 3 rings (SSSR count). The van der Waals surface area contributed by atoms with Crippen molar-refractivity contribution in [1.29, 1.82) is 0 Å². The van der Waals surface area contributed by atoms with E-state index in [0.717, 1.165) is 25.1 Å². The van der Waals surface area contributed by atoms with Crippen LogP contribution in [0.3, 0.4) is 0 Å². The molecule has 1 aliphatic rings. The number of hydrogen-bond donors (Lipinski definition) is 1. The summed E-state index contributed by atoms with van der Waals surface area (Å²) in [6.07, 6.45) is 4.80. The first kappa shape index (κ1) is 19.2. The number of ether oxygens (including phenoxy) is 2. The highest BCUT2D eigenvalue weighted by molar-refractivity contribution is 5.92. The third-order valence-electron chi connectivity index (χ3n) is 4.75. The van der Waals surface area contributed by atoms with Crippen LogP contribution in [0.4, 0.5) is 5.69 Å². The number of likely N-dealkylation sites (N-methyl/N-ethyl adjacent to an activating group) is 1. The molecule has 0 radical (unpaired) electrons. The normalized spacial score (nSPS) is 14.3. The lowest BCUT2D eigenvalue weighted by Crippen LogP contribution is -2.29. The Hall–Kier alpha value is -2.53. The standard InChI is InChI=1S/C22H28N2O3/c1-24(15-17-8-4-3-5-9-17)16-22(25)23-18-12-13-20(26-2)21(14-18)27-19-10-6-7-11-19/h3-5,8-9,12-14,19H,6-7,10-11,15-16H2,1-2H3,(H,23,25). The van der Waals surface area contributed by atoms with Crippen molar-refractivity contribution in [3.63, 3.8) is 0 Å². The molecule has 144 valence electrons. The van der Waals surface area contributed by atoms with E-state index < -0.39 is 0 Å². The third-order valence-corrected chi connectivity index (χ3v) is 4.75.